The summed E-state index contributed by atoms with van der Waals surface area (Å²) in [5.74, 6) is 0.960. The summed E-state index contributed by atoms with van der Waals surface area (Å²) in [4.78, 5) is 6.71. The van der Waals surface area contributed by atoms with Gasteiger partial charge in [0.2, 0.25) is 0 Å². The molecule has 2 rings (SSSR count). The molecule has 0 aromatic carbocycles. The third kappa shape index (κ3) is 2.76. The maximum absolute atomic E-state index is 6.04. The Balaban J connectivity index is 2.16. The smallest absolute Gasteiger partial charge is 0.129 e. The highest BCUT2D eigenvalue weighted by Gasteiger charge is 2.26. The first-order chi connectivity index (χ1) is 8.65. The number of nitrogens with zero attached hydrogens (tertiary/aromatic N) is 2. The molecule has 2 heterocycles. The number of hydrogen-bond acceptors (Lipinski definition) is 4. The quantitative estimate of drug-likeness (QED) is 0.914. The summed E-state index contributed by atoms with van der Waals surface area (Å²) in [5, 5.41) is 0.640. The molecule has 2 N–H and O–H groups in total. The van der Waals surface area contributed by atoms with E-state index in [9.17, 15) is 0 Å². The minimum atomic E-state index is 0.359. The van der Waals surface area contributed by atoms with Gasteiger partial charge in [0.25, 0.3) is 0 Å². The number of anilines is 1. The van der Waals surface area contributed by atoms with Crippen LogP contribution in [0.2, 0.25) is 5.02 Å². The van der Waals surface area contributed by atoms with Crippen LogP contribution in [0, 0.1) is 0 Å². The molecule has 2 atom stereocenters. The van der Waals surface area contributed by atoms with Crippen molar-refractivity contribution in [3.63, 3.8) is 0 Å². The van der Waals surface area contributed by atoms with Crippen molar-refractivity contribution in [2.24, 2.45) is 5.73 Å². The van der Waals surface area contributed by atoms with Gasteiger partial charge in [0.15, 0.2) is 0 Å². The van der Waals surface area contributed by atoms with Gasteiger partial charge in [-0.25, -0.2) is 4.98 Å². The molecule has 0 spiro atoms. The summed E-state index contributed by atoms with van der Waals surface area (Å²) < 4.78 is 5.42. The summed E-state index contributed by atoms with van der Waals surface area (Å²) in [7, 11) is 1.78. The van der Waals surface area contributed by atoms with Gasteiger partial charge in [-0.1, -0.05) is 11.6 Å². The summed E-state index contributed by atoms with van der Waals surface area (Å²) in [6.07, 6.45) is 4.10. The van der Waals surface area contributed by atoms with Crippen LogP contribution >= 0.6 is 11.6 Å². The van der Waals surface area contributed by atoms with Crippen molar-refractivity contribution in [2.75, 3.05) is 18.6 Å². The summed E-state index contributed by atoms with van der Waals surface area (Å²) in [6.45, 7) is 3.60. The van der Waals surface area contributed by atoms with Crippen molar-refractivity contribution >= 4 is 17.4 Å². The Kier molecular flexibility index (Phi) is 4.43. The van der Waals surface area contributed by atoms with E-state index < -0.39 is 0 Å². The SMILES string of the molecule is COC1CCN(c2cc(CN)c(Cl)cn2)C(C)C1. The molecule has 0 aliphatic carbocycles. The fourth-order valence-corrected chi connectivity index (χ4v) is 2.65. The summed E-state index contributed by atoms with van der Waals surface area (Å²) >= 11 is 6.04. The van der Waals surface area contributed by atoms with Crippen LogP contribution < -0.4 is 10.6 Å². The Labute approximate surface area is 113 Å². The number of halogens is 1. The predicted molar refractivity (Wildman–Crippen MR) is 74.0 cm³/mol. The van der Waals surface area contributed by atoms with E-state index in [1.54, 1.807) is 13.3 Å². The second kappa shape index (κ2) is 5.87. The van der Waals surface area contributed by atoms with Crippen LogP contribution in [0.15, 0.2) is 12.3 Å². The minimum absolute atomic E-state index is 0.359. The number of piperidine rings is 1. The average Bonchev–Trinajstić information content (AvgIpc) is 2.39. The monoisotopic (exact) mass is 269 g/mol. The second-order valence-corrected chi connectivity index (χ2v) is 5.17. The Bertz CT molecular complexity index is 413. The van der Waals surface area contributed by atoms with E-state index in [0.717, 1.165) is 30.8 Å². The lowest BCUT2D eigenvalue weighted by atomic mass is 10.0. The molecule has 1 aromatic rings. The Morgan fingerprint density at radius 3 is 3.00 bits per heavy atom. The highest BCUT2D eigenvalue weighted by molar-refractivity contribution is 6.31. The number of pyridine rings is 1. The number of hydrogen-bond donors (Lipinski definition) is 1. The predicted octanol–water partition coefficient (Wildman–Crippen LogP) is 2.20. The highest BCUT2D eigenvalue weighted by atomic mass is 35.5. The summed E-state index contributed by atoms with van der Waals surface area (Å²) in [5.41, 5.74) is 6.62. The molecule has 4 nitrogen and oxygen atoms in total. The van der Waals surface area contributed by atoms with Crippen molar-refractivity contribution < 1.29 is 4.74 Å². The topological polar surface area (TPSA) is 51.4 Å². The molecule has 1 aliphatic rings. The molecule has 100 valence electrons. The Morgan fingerprint density at radius 1 is 1.61 bits per heavy atom. The van der Waals surface area contributed by atoms with Crippen LogP contribution in [-0.2, 0) is 11.3 Å². The number of ether oxygens (including phenoxy) is 1. The zero-order chi connectivity index (χ0) is 13.1. The maximum atomic E-state index is 6.04. The molecule has 0 saturated carbocycles. The largest absolute Gasteiger partial charge is 0.381 e. The van der Waals surface area contributed by atoms with Gasteiger partial charge in [-0.05, 0) is 31.4 Å². The third-order valence-corrected chi connectivity index (χ3v) is 3.94. The van der Waals surface area contributed by atoms with Crippen molar-refractivity contribution in [3.05, 3.63) is 22.8 Å². The minimum Gasteiger partial charge on any atom is -0.381 e. The fraction of sp³-hybridized carbons (Fsp3) is 0.615. The molecule has 18 heavy (non-hydrogen) atoms. The molecule has 1 aromatic heterocycles. The van der Waals surface area contributed by atoms with Gasteiger partial charge in [0.1, 0.15) is 5.82 Å². The third-order valence-electron chi connectivity index (χ3n) is 3.60. The molecule has 1 aliphatic heterocycles. The molecular formula is C13H20ClN3O. The van der Waals surface area contributed by atoms with Crippen molar-refractivity contribution in [1.82, 2.24) is 4.98 Å². The van der Waals surface area contributed by atoms with Gasteiger partial charge in [-0.2, -0.15) is 0 Å². The van der Waals surface area contributed by atoms with Gasteiger partial charge in [0, 0.05) is 32.4 Å². The van der Waals surface area contributed by atoms with Crippen LogP contribution in [-0.4, -0.2) is 30.8 Å². The number of aromatic nitrogens is 1. The highest BCUT2D eigenvalue weighted by Crippen LogP contribution is 2.27. The molecule has 0 bridgehead atoms. The van der Waals surface area contributed by atoms with Crippen LogP contribution in [0.25, 0.3) is 0 Å². The lowest BCUT2D eigenvalue weighted by Crippen LogP contribution is -2.43. The van der Waals surface area contributed by atoms with Gasteiger partial charge < -0.3 is 15.4 Å². The van der Waals surface area contributed by atoms with E-state index >= 15 is 0 Å². The van der Waals surface area contributed by atoms with E-state index in [1.807, 2.05) is 6.07 Å². The van der Waals surface area contributed by atoms with Gasteiger partial charge in [0.05, 0.1) is 11.1 Å². The van der Waals surface area contributed by atoms with E-state index in [0.29, 0.717) is 23.7 Å². The summed E-state index contributed by atoms with van der Waals surface area (Å²) in [6, 6.07) is 2.41. The number of rotatable bonds is 3. The van der Waals surface area contributed by atoms with Crippen LogP contribution in [0.4, 0.5) is 5.82 Å². The van der Waals surface area contributed by atoms with Gasteiger partial charge in [-0.15, -0.1) is 0 Å². The molecule has 1 fully saturated rings. The van der Waals surface area contributed by atoms with E-state index in [1.165, 1.54) is 0 Å². The first-order valence-electron chi connectivity index (χ1n) is 6.29. The van der Waals surface area contributed by atoms with Gasteiger partial charge in [-0.3, -0.25) is 0 Å². The molecular weight excluding hydrogens is 250 g/mol. The molecule has 1 saturated heterocycles. The molecule has 2 unspecified atom stereocenters. The zero-order valence-corrected chi connectivity index (χ0v) is 11.7. The van der Waals surface area contributed by atoms with Gasteiger partial charge >= 0.3 is 0 Å². The normalized spacial score (nSPS) is 24.3. The molecule has 5 heteroatoms. The standard InChI is InChI=1S/C13H20ClN3O/c1-9-5-11(18-2)3-4-17(9)13-6-10(7-15)12(14)8-16-13/h6,8-9,11H,3-5,7,15H2,1-2H3. The average molecular weight is 270 g/mol. The van der Waals surface area contributed by atoms with Crippen molar-refractivity contribution in [2.45, 2.75) is 38.5 Å². The maximum Gasteiger partial charge on any atom is 0.129 e. The Morgan fingerprint density at radius 2 is 2.39 bits per heavy atom. The van der Waals surface area contributed by atoms with E-state index in [2.05, 4.69) is 16.8 Å². The number of methoxy groups -OCH3 is 1. The number of nitrogens with two attached hydrogens (primary N) is 1. The van der Waals surface area contributed by atoms with Crippen LogP contribution in [0.5, 0.6) is 0 Å². The van der Waals surface area contributed by atoms with Crippen LogP contribution in [0.1, 0.15) is 25.3 Å². The lowest BCUT2D eigenvalue weighted by Gasteiger charge is -2.38. The molecule has 0 amide bonds. The van der Waals surface area contributed by atoms with Crippen molar-refractivity contribution in [1.29, 1.82) is 0 Å². The van der Waals surface area contributed by atoms with Crippen molar-refractivity contribution in [3.8, 4) is 0 Å². The van der Waals surface area contributed by atoms with Crippen LogP contribution in [0.3, 0.4) is 0 Å². The zero-order valence-electron chi connectivity index (χ0n) is 10.9. The molecule has 0 radical (unpaired) electrons. The second-order valence-electron chi connectivity index (χ2n) is 4.76. The first kappa shape index (κ1) is 13.6. The lowest BCUT2D eigenvalue weighted by molar-refractivity contribution is 0.0719. The Hall–Kier alpha value is -0.840. The van der Waals surface area contributed by atoms with E-state index in [-0.39, 0.29) is 0 Å². The van der Waals surface area contributed by atoms with E-state index in [4.69, 9.17) is 22.1 Å². The first-order valence-corrected chi connectivity index (χ1v) is 6.67. The fourth-order valence-electron chi connectivity index (χ4n) is 2.46.